The van der Waals surface area contributed by atoms with Crippen molar-refractivity contribution in [3.8, 4) is 5.75 Å². The quantitative estimate of drug-likeness (QED) is 0.813. The minimum absolute atomic E-state index is 0.0342. The fourth-order valence-electron chi connectivity index (χ4n) is 2.69. The summed E-state index contributed by atoms with van der Waals surface area (Å²) in [4.78, 5) is 29.6. The first-order chi connectivity index (χ1) is 12.1. The molecule has 0 saturated carbocycles. The zero-order valence-corrected chi connectivity index (χ0v) is 14.6. The maximum atomic E-state index is 12.1. The highest BCUT2D eigenvalue weighted by molar-refractivity contribution is 8.18. The van der Waals surface area contributed by atoms with Gasteiger partial charge in [0.25, 0.3) is 5.91 Å². The minimum atomic E-state index is -0.886. The lowest BCUT2D eigenvalue weighted by atomic mass is 10.1. The van der Waals surface area contributed by atoms with Gasteiger partial charge in [0.15, 0.2) is 5.17 Å². The van der Waals surface area contributed by atoms with Crippen LogP contribution in [0.5, 0.6) is 5.75 Å². The van der Waals surface area contributed by atoms with Gasteiger partial charge in [-0.05, 0) is 54.8 Å². The number of ether oxygens (including phenoxy) is 1. The minimum Gasteiger partial charge on any atom is -0.493 e. The number of thioether (sulfide) groups is 1. The third kappa shape index (κ3) is 4.85. The predicted molar refractivity (Wildman–Crippen MR) is 97.6 cm³/mol. The Morgan fingerprint density at radius 1 is 1.24 bits per heavy atom. The smallest absolute Gasteiger partial charge is 0.306 e. The largest absolute Gasteiger partial charge is 0.493 e. The predicted octanol–water partition coefficient (Wildman–Crippen LogP) is 3.00. The number of amides is 1. The highest BCUT2D eigenvalue weighted by atomic mass is 32.2. The molecule has 0 unspecified atom stereocenters. The number of amidine groups is 1. The first kappa shape index (κ1) is 17.5. The summed E-state index contributed by atoms with van der Waals surface area (Å²) in [5.41, 5.74) is 0.886. The number of aliphatic imine (C=N–C) groups is 1. The van der Waals surface area contributed by atoms with Gasteiger partial charge >= 0.3 is 5.97 Å². The van der Waals surface area contributed by atoms with Crippen LogP contribution in [0.25, 0.3) is 6.08 Å². The molecule has 1 fully saturated rings. The summed E-state index contributed by atoms with van der Waals surface area (Å²) in [6, 6.07) is 7.22. The molecule has 0 aromatic heterocycles. The number of carbonyl (C=O) groups excluding carboxylic acids is 1. The number of hydrogen-bond acceptors (Lipinski definition) is 5. The molecular formula is C18H20N2O4S. The molecule has 2 heterocycles. The van der Waals surface area contributed by atoms with Crippen LogP contribution in [0.1, 0.15) is 31.2 Å². The molecule has 25 heavy (non-hydrogen) atoms. The van der Waals surface area contributed by atoms with Gasteiger partial charge in [0.2, 0.25) is 0 Å². The molecule has 7 heteroatoms. The summed E-state index contributed by atoms with van der Waals surface area (Å²) in [5, 5.41) is 9.41. The standard InChI is InChI=1S/C18H20N2O4S/c21-16(22)8-11-24-14-6-4-13(5-7-14)12-15-17(23)19-18(25-15)20-9-2-1-3-10-20/h4-7,12H,1-3,8-11H2,(H,21,22)/b15-12+. The molecule has 0 atom stereocenters. The van der Waals surface area contributed by atoms with Crippen LogP contribution in [0.15, 0.2) is 34.2 Å². The van der Waals surface area contributed by atoms with Crippen LogP contribution >= 0.6 is 11.8 Å². The van der Waals surface area contributed by atoms with Crippen LogP contribution in [0.3, 0.4) is 0 Å². The van der Waals surface area contributed by atoms with Gasteiger partial charge in [-0.15, -0.1) is 0 Å². The Kier molecular flexibility index (Phi) is 5.75. The normalized spacial score (nSPS) is 19.2. The van der Waals surface area contributed by atoms with Crippen LogP contribution in [-0.4, -0.2) is 46.7 Å². The van der Waals surface area contributed by atoms with E-state index in [1.165, 1.54) is 18.2 Å². The van der Waals surface area contributed by atoms with Crippen molar-refractivity contribution in [1.29, 1.82) is 0 Å². The van der Waals surface area contributed by atoms with E-state index in [1.807, 2.05) is 18.2 Å². The molecule has 1 amide bonds. The molecule has 3 rings (SSSR count). The highest BCUT2D eigenvalue weighted by Crippen LogP contribution is 2.31. The van der Waals surface area contributed by atoms with Crippen molar-refractivity contribution in [1.82, 2.24) is 4.90 Å². The number of carboxylic acid groups (broad SMARTS) is 1. The van der Waals surface area contributed by atoms with Crippen LogP contribution in [0, 0.1) is 0 Å². The Morgan fingerprint density at radius 2 is 1.96 bits per heavy atom. The molecule has 2 aliphatic rings. The van der Waals surface area contributed by atoms with Crippen molar-refractivity contribution in [3.63, 3.8) is 0 Å². The maximum absolute atomic E-state index is 12.1. The molecule has 6 nitrogen and oxygen atoms in total. The van der Waals surface area contributed by atoms with Gasteiger partial charge < -0.3 is 14.7 Å². The van der Waals surface area contributed by atoms with Gasteiger partial charge in [-0.25, -0.2) is 0 Å². The summed E-state index contributed by atoms with van der Waals surface area (Å²) < 4.78 is 5.36. The SMILES string of the molecule is O=C(O)CCOc1ccc(/C=C2/SC(N3CCCCC3)=NC2=O)cc1. The van der Waals surface area contributed by atoms with E-state index in [-0.39, 0.29) is 18.9 Å². The van der Waals surface area contributed by atoms with Gasteiger partial charge in [-0.3, -0.25) is 9.59 Å². The average molecular weight is 360 g/mol. The van der Waals surface area contributed by atoms with Gasteiger partial charge in [0.1, 0.15) is 5.75 Å². The second kappa shape index (κ2) is 8.20. The molecule has 1 aromatic rings. The number of benzene rings is 1. The van der Waals surface area contributed by atoms with E-state index in [1.54, 1.807) is 12.1 Å². The second-order valence-electron chi connectivity index (χ2n) is 5.92. The number of piperidine rings is 1. The molecular weight excluding hydrogens is 340 g/mol. The van der Waals surface area contributed by atoms with Gasteiger partial charge in [0.05, 0.1) is 17.9 Å². The molecule has 1 saturated heterocycles. The third-order valence-corrected chi connectivity index (χ3v) is 5.04. The van der Waals surface area contributed by atoms with Crippen molar-refractivity contribution < 1.29 is 19.4 Å². The number of nitrogens with zero attached hydrogens (tertiary/aromatic N) is 2. The van der Waals surface area contributed by atoms with Gasteiger partial charge in [-0.1, -0.05) is 12.1 Å². The zero-order valence-electron chi connectivity index (χ0n) is 13.8. The monoisotopic (exact) mass is 360 g/mol. The topological polar surface area (TPSA) is 79.2 Å². The lowest BCUT2D eigenvalue weighted by Crippen LogP contribution is -2.33. The Morgan fingerprint density at radius 3 is 2.64 bits per heavy atom. The number of likely N-dealkylation sites (tertiary alicyclic amines) is 1. The number of aliphatic carboxylic acids is 1. The van der Waals surface area contributed by atoms with E-state index in [0.29, 0.717) is 10.7 Å². The Labute approximate surface area is 150 Å². The molecule has 1 N–H and O–H groups in total. The second-order valence-corrected chi connectivity index (χ2v) is 6.93. The summed E-state index contributed by atoms with van der Waals surface area (Å²) in [5.74, 6) is -0.464. The lowest BCUT2D eigenvalue weighted by molar-refractivity contribution is -0.137. The van der Waals surface area contributed by atoms with Crippen molar-refractivity contribution in [2.45, 2.75) is 25.7 Å². The van der Waals surface area contributed by atoms with Gasteiger partial charge in [0, 0.05) is 13.1 Å². The lowest BCUT2D eigenvalue weighted by Gasteiger charge is -2.27. The molecule has 0 aliphatic carbocycles. The van der Waals surface area contributed by atoms with Crippen molar-refractivity contribution in [2.24, 2.45) is 4.99 Å². The molecule has 132 valence electrons. The fraction of sp³-hybridized carbons (Fsp3) is 0.389. The molecule has 1 aromatic carbocycles. The van der Waals surface area contributed by atoms with Crippen LogP contribution in [0.2, 0.25) is 0 Å². The summed E-state index contributed by atoms with van der Waals surface area (Å²) in [7, 11) is 0. The Bertz CT molecular complexity index is 706. The first-order valence-corrected chi connectivity index (χ1v) is 9.15. The van der Waals surface area contributed by atoms with E-state index in [0.717, 1.165) is 36.7 Å². The third-order valence-electron chi connectivity index (χ3n) is 4.00. The molecule has 2 aliphatic heterocycles. The maximum Gasteiger partial charge on any atom is 0.306 e. The number of carbonyl (C=O) groups is 2. The average Bonchev–Trinajstić information content (AvgIpc) is 2.98. The molecule has 0 bridgehead atoms. The summed E-state index contributed by atoms with van der Waals surface area (Å²) in [6.45, 7) is 2.07. The Hall–Kier alpha value is -2.28. The molecule has 0 radical (unpaired) electrons. The summed E-state index contributed by atoms with van der Waals surface area (Å²) in [6.07, 6.45) is 5.33. The van der Waals surface area contributed by atoms with Crippen LogP contribution in [0.4, 0.5) is 0 Å². The molecule has 0 spiro atoms. The summed E-state index contributed by atoms with van der Waals surface area (Å²) >= 11 is 1.43. The number of carboxylic acids is 1. The van der Waals surface area contributed by atoms with E-state index in [4.69, 9.17) is 9.84 Å². The Balaban J connectivity index is 1.59. The van der Waals surface area contributed by atoms with Crippen LogP contribution in [-0.2, 0) is 9.59 Å². The fourth-order valence-corrected chi connectivity index (χ4v) is 3.65. The van der Waals surface area contributed by atoms with Gasteiger partial charge in [-0.2, -0.15) is 4.99 Å². The number of rotatable bonds is 5. The van der Waals surface area contributed by atoms with E-state index in [2.05, 4.69) is 9.89 Å². The van der Waals surface area contributed by atoms with E-state index >= 15 is 0 Å². The van der Waals surface area contributed by atoms with E-state index < -0.39 is 5.97 Å². The van der Waals surface area contributed by atoms with Crippen molar-refractivity contribution >= 4 is 34.9 Å². The zero-order chi connectivity index (χ0) is 17.6. The number of hydrogen-bond donors (Lipinski definition) is 1. The van der Waals surface area contributed by atoms with E-state index in [9.17, 15) is 9.59 Å². The highest BCUT2D eigenvalue weighted by Gasteiger charge is 2.26. The van der Waals surface area contributed by atoms with Crippen molar-refractivity contribution in [2.75, 3.05) is 19.7 Å². The van der Waals surface area contributed by atoms with Crippen molar-refractivity contribution in [3.05, 3.63) is 34.7 Å². The first-order valence-electron chi connectivity index (χ1n) is 8.34. The van der Waals surface area contributed by atoms with Crippen LogP contribution < -0.4 is 4.74 Å².